The second-order valence-electron chi connectivity index (χ2n) is 4.71. The van der Waals surface area contributed by atoms with Gasteiger partial charge >= 0.3 is 0 Å². The van der Waals surface area contributed by atoms with Gasteiger partial charge < -0.3 is 20.3 Å². The van der Waals surface area contributed by atoms with Crippen LogP contribution in [0.25, 0.3) is 0 Å². The van der Waals surface area contributed by atoms with E-state index in [4.69, 9.17) is 15.0 Å². The van der Waals surface area contributed by atoms with Crippen LogP contribution in [0.15, 0.2) is 10.6 Å². The maximum absolute atomic E-state index is 12.2. The molecule has 6 nitrogen and oxygen atoms in total. The van der Waals surface area contributed by atoms with Crippen molar-refractivity contribution in [3.05, 3.63) is 17.5 Å². The molecule has 0 aromatic carbocycles. The largest absolute Gasteiger partial charge is 0.381 e. The number of nitrogens with one attached hydrogen (secondary N) is 1. The fraction of sp³-hybridized carbons (Fsp3) is 0.667. The molecular formula is C12H19N3O3. The minimum absolute atomic E-state index is 0.0195. The monoisotopic (exact) mass is 253 g/mol. The summed E-state index contributed by atoms with van der Waals surface area (Å²) in [5, 5.41) is 6.71. The van der Waals surface area contributed by atoms with Gasteiger partial charge in [-0.3, -0.25) is 4.79 Å². The van der Waals surface area contributed by atoms with Gasteiger partial charge in [0, 0.05) is 25.8 Å². The van der Waals surface area contributed by atoms with Crippen molar-refractivity contribution in [3.63, 3.8) is 0 Å². The number of aryl methyl sites for hydroxylation is 1. The van der Waals surface area contributed by atoms with Gasteiger partial charge in [-0.1, -0.05) is 5.16 Å². The highest BCUT2D eigenvalue weighted by Crippen LogP contribution is 2.29. The third-order valence-electron chi connectivity index (χ3n) is 3.43. The fourth-order valence-corrected chi connectivity index (χ4v) is 2.15. The van der Waals surface area contributed by atoms with Gasteiger partial charge in [0.1, 0.15) is 11.5 Å². The number of nitrogens with two attached hydrogens (primary N) is 1. The van der Waals surface area contributed by atoms with Gasteiger partial charge in [0.05, 0.1) is 12.0 Å². The Hall–Kier alpha value is -1.40. The second kappa shape index (κ2) is 5.49. The number of aromatic nitrogens is 1. The normalized spacial score (nSPS) is 18.6. The van der Waals surface area contributed by atoms with E-state index in [1.54, 1.807) is 6.07 Å². The highest BCUT2D eigenvalue weighted by Gasteiger charge is 2.38. The Bertz CT molecular complexity index is 410. The van der Waals surface area contributed by atoms with Gasteiger partial charge in [0.25, 0.3) is 0 Å². The van der Waals surface area contributed by atoms with Crippen LogP contribution in [0.3, 0.4) is 0 Å². The van der Waals surface area contributed by atoms with Crippen molar-refractivity contribution in [2.45, 2.75) is 26.3 Å². The third-order valence-corrected chi connectivity index (χ3v) is 3.43. The Morgan fingerprint density at radius 2 is 2.28 bits per heavy atom. The average molecular weight is 253 g/mol. The molecule has 3 N–H and O–H groups in total. The van der Waals surface area contributed by atoms with Crippen LogP contribution in [0.1, 0.15) is 24.3 Å². The molecule has 0 atom stereocenters. The van der Waals surface area contributed by atoms with Crippen molar-refractivity contribution in [1.82, 2.24) is 10.5 Å². The van der Waals surface area contributed by atoms with E-state index in [2.05, 4.69) is 10.5 Å². The van der Waals surface area contributed by atoms with Crippen molar-refractivity contribution in [2.75, 3.05) is 19.8 Å². The molecule has 100 valence electrons. The van der Waals surface area contributed by atoms with Crippen LogP contribution >= 0.6 is 0 Å². The summed E-state index contributed by atoms with van der Waals surface area (Å²) in [4.78, 5) is 12.2. The molecular weight excluding hydrogens is 234 g/mol. The lowest BCUT2D eigenvalue weighted by Crippen LogP contribution is -2.49. The van der Waals surface area contributed by atoms with Crippen molar-refractivity contribution >= 4 is 5.91 Å². The molecule has 0 unspecified atom stereocenters. The first-order valence-corrected chi connectivity index (χ1v) is 6.15. The molecule has 6 heteroatoms. The lowest BCUT2D eigenvalue weighted by Gasteiger charge is -2.34. The topological polar surface area (TPSA) is 90.4 Å². The van der Waals surface area contributed by atoms with Crippen molar-refractivity contribution in [3.8, 4) is 0 Å². The third kappa shape index (κ3) is 2.70. The molecule has 2 rings (SSSR count). The Labute approximate surface area is 106 Å². The number of amides is 1. The van der Waals surface area contributed by atoms with Crippen LogP contribution < -0.4 is 11.1 Å². The van der Waals surface area contributed by atoms with Gasteiger partial charge in [0.15, 0.2) is 0 Å². The van der Waals surface area contributed by atoms with Crippen molar-refractivity contribution < 1.29 is 14.1 Å². The molecule has 0 radical (unpaired) electrons. The zero-order valence-electron chi connectivity index (χ0n) is 10.6. The van der Waals surface area contributed by atoms with E-state index in [1.165, 1.54) is 0 Å². The Kier molecular flexibility index (Phi) is 3.98. The smallest absolute Gasteiger partial charge is 0.227 e. The molecule has 1 amide bonds. The van der Waals surface area contributed by atoms with Crippen LogP contribution in [0.5, 0.6) is 0 Å². The summed E-state index contributed by atoms with van der Waals surface area (Å²) in [5.74, 6) is 0.716. The van der Waals surface area contributed by atoms with E-state index >= 15 is 0 Å². The molecule has 1 saturated heterocycles. The summed E-state index contributed by atoms with van der Waals surface area (Å²) in [5.41, 5.74) is 5.99. The maximum atomic E-state index is 12.2. The summed E-state index contributed by atoms with van der Waals surface area (Å²) >= 11 is 0. The molecule has 18 heavy (non-hydrogen) atoms. The first kappa shape index (κ1) is 13.0. The molecule has 0 saturated carbocycles. The molecule has 1 fully saturated rings. The van der Waals surface area contributed by atoms with Gasteiger partial charge in [0.2, 0.25) is 5.91 Å². The van der Waals surface area contributed by atoms with E-state index in [0.717, 1.165) is 11.5 Å². The van der Waals surface area contributed by atoms with E-state index in [9.17, 15) is 4.79 Å². The van der Waals surface area contributed by atoms with Crippen LogP contribution in [-0.4, -0.2) is 30.8 Å². The fourth-order valence-electron chi connectivity index (χ4n) is 2.15. The van der Waals surface area contributed by atoms with Crippen LogP contribution in [0.4, 0.5) is 0 Å². The summed E-state index contributed by atoms with van der Waals surface area (Å²) in [6.07, 6.45) is 1.35. The zero-order valence-corrected chi connectivity index (χ0v) is 10.6. The molecule has 0 spiro atoms. The lowest BCUT2D eigenvalue weighted by molar-refractivity contribution is -0.136. The van der Waals surface area contributed by atoms with E-state index in [0.29, 0.717) is 39.1 Å². The standard InChI is InChI=1S/C12H19N3O3/c1-9-6-10(15-18-9)7-14-11(16)12(8-13)2-4-17-5-3-12/h6H,2-5,7-8,13H2,1H3,(H,14,16). The predicted molar refractivity (Wildman–Crippen MR) is 64.6 cm³/mol. The van der Waals surface area contributed by atoms with Crippen molar-refractivity contribution in [1.29, 1.82) is 0 Å². The summed E-state index contributed by atoms with van der Waals surface area (Å²) in [6, 6.07) is 1.80. The van der Waals surface area contributed by atoms with E-state index in [-0.39, 0.29) is 5.91 Å². The van der Waals surface area contributed by atoms with E-state index < -0.39 is 5.41 Å². The molecule has 0 bridgehead atoms. The Balaban J connectivity index is 1.93. The molecule has 1 aromatic heterocycles. The number of hydrogen-bond acceptors (Lipinski definition) is 5. The first-order chi connectivity index (χ1) is 8.66. The van der Waals surface area contributed by atoms with Crippen molar-refractivity contribution in [2.24, 2.45) is 11.1 Å². The molecule has 1 aliphatic rings. The second-order valence-corrected chi connectivity index (χ2v) is 4.71. The number of nitrogens with zero attached hydrogens (tertiary/aromatic N) is 1. The predicted octanol–water partition coefficient (Wildman–Crippen LogP) is 0.355. The average Bonchev–Trinajstić information content (AvgIpc) is 2.82. The molecule has 0 aliphatic carbocycles. The van der Waals surface area contributed by atoms with Crippen LogP contribution in [0.2, 0.25) is 0 Å². The number of hydrogen-bond donors (Lipinski definition) is 2. The summed E-state index contributed by atoms with van der Waals surface area (Å²) < 4.78 is 10.2. The summed E-state index contributed by atoms with van der Waals surface area (Å²) in [7, 11) is 0. The highest BCUT2D eigenvalue weighted by atomic mass is 16.5. The number of carbonyl (C=O) groups excluding carboxylic acids is 1. The first-order valence-electron chi connectivity index (χ1n) is 6.15. The Morgan fingerprint density at radius 1 is 1.56 bits per heavy atom. The number of ether oxygens (including phenoxy) is 1. The maximum Gasteiger partial charge on any atom is 0.227 e. The SMILES string of the molecule is Cc1cc(CNC(=O)C2(CN)CCOCC2)no1. The number of carbonyl (C=O) groups is 1. The van der Waals surface area contributed by atoms with Crippen LogP contribution in [-0.2, 0) is 16.1 Å². The quantitative estimate of drug-likeness (QED) is 0.808. The van der Waals surface area contributed by atoms with Gasteiger partial charge in [-0.2, -0.15) is 0 Å². The van der Waals surface area contributed by atoms with Gasteiger partial charge in [-0.25, -0.2) is 0 Å². The lowest BCUT2D eigenvalue weighted by atomic mass is 9.79. The molecule has 1 aromatic rings. The van der Waals surface area contributed by atoms with Gasteiger partial charge in [-0.15, -0.1) is 0 Å². The van der Waals surface area contributed by atoms with Crippen LogP contribution in [0, 0.1) is 12.3 Å². The zero-order chi connectivity index (χ0) is 13.0. The Morgan fingerprint density at radius 3 is 2.83 bits per heavy atom. The number of rotatable bonds is 4. The minimum Gasteiger partial charge on any atom is -0.381 e. The summed E-state index contributed by atoms with van der Waals surface area (Å²) in [6.45, 7) is 3.72. The van der Waals surface area contributed by atoms with Gasteiger partial charge in [-0.05, 0) is 19.8 Å². The highest BCUT2D eigenvalue weighted by molar-refractivity contribution is 5.83. The molecule has 1 aliphatic heterocycles. The van der Waals surface area contributed by atoms with E-state index in [1.807, 2.05) is 6.92 Å². The minimum atomic E-state index is -0.489. The molecule has 2 heterocycles.